The second-order valence-electron chi connectivity index (χ2n) is 4.62. The summed E-state index contributed by atoms with van der Waals surface area (Å²) >= 11 is 12.0. The molecule has 0 aliphatic heterocycles. The fourth-order valence-electron chi connectivity index (χ4n) is 1.75. The van der Waals surface area contributed by atoms with Crippen LogP contribution in [-0.4, -0.2) is 36.1 Å². The summed E-state index contributed by atoms with van der Waals surface area (Å²) in [5, 5.41) is 6.53. The minimum Gasteiger partial charge on any atom is -0.385 e. The van der Waals surface area contributed by atoms with Gasteiger partial charge in [-0.25, -0.2) is 9.97 Å². The van der Waals surface area contributed by atoms with Gasteiger partial charge >= 0.3 is 0 Å². The highest BCUT2D eigenvalue weighted by molar-refractivity contribution is 6.43. The number of amides is 1. The van der Waals surface area contributed by atoms with Gasteiger partial charge in [0.2, 0.25) is 5.95 Å². The smallest absolute Gasteiger partial charge is 0.254 e. The van der Waals surface area contributed by atoms with Crippen LogP contribution in [0.1, 0.15) is 16.8 Å². The van der Waals surface area contributed by atoms with Gasteiger partial charge in [-0.3, -0.25) is 4.79 Å². The van der Waals surface area contributed by atoms with Crippen molar-refractivity contribution in [3.8, 4) is 0 Å². The van der Waals surface area contributed by atoms with Gasteiger partial charge in [-0.2, -0.15) is 0 Å². The van der Waals surface area contributed by atoms with Crippen molar-refractivity contribution >= 4 is 40.7 Å². The predicted octanol–water partition coefficient (Wildman–Crippen LogP) is 3.29. The maximum atomic E-state index is 11.9. The average Bonchev–Trinajstić information content (AvgIpc) is 2.56. The van der Waals surface area contributed by atoms with E-state index >= 15 is 0 Å². The maximum absolute atomic E-state index is 11.9. The van der Waals surface area contributed by atoms with E-state index in [1.807, 2.05) is 0 Å². The Hall–Kier alpha value is -1.89. The summed E-state index contributed by atoms with van der Waals surface area (Å²) < 4.78 is 4.92. The summed E-state index contributed by atoms with van der Waals surface area (Å²) in [5.41, 5.74) is 0.973. The van der Waals surface area contributed by atoms with E-state index in [0.717, 1.165) is 6.42 Å². The molecule has 6 nitrogen and oxygen atoms in total. The number of nitrogens with one attached hydrogen (secondary N) is 2. The lowest BCUT2D eigenvalue weighted by molar-refractivity contribution is 0.0948. The molecule has 0 saturated carbocycles. The van der Waals surface area contributed by atoms with Crippen molar-refractivity contribution in [3.63, 3.8) is 0 Å². The van der Waals surface area contributed by atoms with Crippen LogP contribution in [0.25, 0.3) is 0 Å². The van der Waals surface area contributed by atoms with E-state index in [2.05, 4.69) is 20.6 Å². The number of anilines is 2. The number of halogens is 2. The van der Waals surface area contributed by atoms with Crippen LogP contribution in [0.15, 0.2) is 30.6 Å². The Bertz CT molecular complexity index is 665. The summed E-state index contributed by atoms with van der Waals surface area (Å²) in [6, 6.07) is 5.21. The first-order valence-electron chi connectivity index (χ1n) is 6.92. The Morgan fingerprint density at radius 3 is 2.70 bits per heavy atom. The van der Waals surface area contributed by atoms with E-state index in [0.29, 0.717) is 40.4 Å². The second-order valence-corrected chi connectivity index (χ2v) is 5.41. The van der Waals surface area contributed by atoms with Gasteiger partial charge in [0, 0.05) is 32.7 Å². The molecule has 1 aromatic heterocycles. The van der Waals surface area contributed by atoms with E-state index in [1.54, 1.807) is 25.3 Å². The van der Waals surface area contributed by atoms with Gasteiger partial charge in [-0.1, -0.05) is 29.3 Å². The number of benzene rings is 1. The first kappa shape index (κ1) is 17.5. The Labute approximate surface area is 144 Å². The van der Waals surface area contributed by atoms with Gasteiger partial charge in [0.15, 0.2) is 0 Å². The standard InChI is InChI=1S/C15H16Cl2N4O2/c1-23-7-3-6-18-14(22)10-8-19-15(20-9-10)21-12-5-2-4-11(16)13(12)17/h2,4-5,8-9H,3,6-7H2,1H3,(H,18,22)(H,19,20,21). The van der Waals surface area contributed by atoms with Crippen molar-refractivity contribution in [2.24, 2.45) is 0 Å². The Kier molecular flexibility index (Phi) is 6.58. The Balaban J connectivity index is 1.96. The molecule has 8 heteroatoms. The number of ether oxygens (including phenoxy) is 1. The maximum Gasteiger partial charge on any atom is 0.254 e. The van der Waals surface area contributed by atoms with Gasteiger partial charge < -0.3 is 15.4 Å². The quantitative estimate of drug-likeness (QED) is 0.746. The molecule has 2 rings (SSSR count). The number of aromatic nitrogens is 2. The summed E-state index contributed by atoms with van der Waals surface area (Å²) in [6.07, 6.45) is 3.63. The van der Waals surface area contributed by atoms with E-state index in [4.69, 9.17) is 27.9 Å². The van der Waals surface area contributed by atoms with Crippen molar-refractivity contribution < 1.29 is 9.53 Å². The van der Waals surface area contributed by atoms with Gasteiger partial charge in [-0.15, -0.1) is 0 Å². The van der Waals surface area contributed by atoms with Gasteiger partial charge in [0.25, 0.3) is 5.91 Å². The predicted molar refractivity (Wildman–Crippen MR) is 90.6 cm³/mol. The molecule has 2 N–H and O–H groups in total. The normalized spacial score (nSPS) is 10.4. The van der Waals surface area contributed by atoms with Crippen molar-refractivity contribution in [3.05, 3.63) is 46.2 Å². The topological polar surface area (TPSA) is 76.1 Å². The summed E-state index contributed by atoms with van der Waals surface area (Å²) in [5.74, 6) is 0.0959. The van der Waals surface area contributed by atoms with Crippen molar-refractivity contribution in [2.45, 2.75) is 6.42 Å². The second kappa shape index (κ2) is 8.67. The summed E-state index contributed by atoms with van der Waals surface area (Å²) in [4.78, 5) is 20.1. The summed E-state index contributed by atoms with van der Waals surface area (Å²) in [7, 11) is 1.62. The molecule has 0 aliphatic rings. The van der Waals surface area contributed by atoms with Crippen LogP contribution in [0.3, 0.4) is 0 Å². The third-order valence-electron chi connectivity index (χ3n) is 2.92. The fourth-order valence-corrected chi connectivity index (χ4v) is 2.10. The minimum atomic E-state index is -0.228. The fraction of sp³-hybridized carbons (Fsp3) is 0.267. The Morgan fingerprint density at radius 1 is 1.26 bits per heavy atom. The van der Waals surface area contributed by atoms with Gasteiger partial charge in [-0.05, 0) is 18.6 Å². The molecular formula is C15H16Cl2N4O2. The SMILES string of the molecule is COCCCNC(=O)c1cnc(Nc2cccc(Cl)c2Cl)nc1. The molecule has 1 aromatic carbocycles. The molecule has 0 aliphatic carbocycles. The largest absolute Gasteiger partial charge is 0.385 e. The minimum absolute atomic E-state index is 0.228. The van der Waals surface area contributed by atoms with Gasteiger partial charge in [0.05, 0.1) is 21.3 Å². The molecule has 0 saturated heterocycles. The number of nitrogens with zero attached hydrogens (tertiary/aromatic N) is 2. The molecule has 0 fully saturated rings. The van der Waals surface area contributed by atoms with Gasteiger partial charge in [0.1, 0.15) is 0 Å². The van der Waals surface area contributed by atoms with Crippen LogP contribution in [0.4, 0.5) is 11.6 Å². The van der Waals surface area contributed by atoms with Crippen LogP contribution in [0, 0.1) is 0 Å². The van der Waals surface area contributed by atoms with Crippen molar-refractivity contribution in [1.29, 1.82) is 0 Å². The number of hydrogen-bond donors (Lipinski definition) is 2. The molecule has 122 valence electrons. The molecule has 0 bridgehead atoms. The highest BCUT2D eigenvalue weighted by Gasteiger charge is 2.08. The monoisotopic (exact) mass is 354 g/mol. The zero-order valence-electron chi connectivity index (χ0n) is 12.5. The first-order valence-corrected chi connectivity index (χ1v) is 7.67. The lowest BCUT2D eigenvalue weighted by atomic mass is 10.3. The molecule has 0 radical (unpaired) electrons. The number of methoxy groups -OCH3 is 1. The molecule has 1 heterocycles. The lowest BCUT2D eigenvalue weighted by Crippen LogP contribution is -2.25. The molecule has 0 spiro atoms. The molecule has 1 amide bonds. The number of rotatable bonds is 7. The zero-order chi connectivity index (χ0) is 16.7. The van der Waals surface area contributed by atoms with E-state index in [9.17, 15) is 4.79 Å². The molecule has 0 atom stereocenters. The zero-order valence-corrected chi connectivity index (χ0v) is 14.0. The van der Waals surface area contributed by atoms with E-state index in [1.165, 1.54) is 12.4 Å². The molecule has 23 heavy (non-hydrogen) atoms. The summed E-state index contributed by atoms with van der Waals surface area (Å²) in [6.45, 7) is 1.13. The lowest BCUT2D eigenvalue weighted by Gasteiger charge is -2.08. The third-order valence-corrected chi connectivity index (χ3v) is 3.74. The van der Waals surface area contributed by atoms with Crippen LogP contribution in [-0.2, 0) is 4.74 Å². The number of carbonyl (C=O) groups excluding carboxylic acids is 1. The van der Waals surface area contributed by atoms with Crippen molar-refractivity contribution in [1.82, 2.24) is 15.3 Å². The van der Waals surface area contributed by atoms with E-state index in [-0.39, 0.29) is 5.91 Å². The van der Waals surface area contributed by atoms with Crippen LogP contribution in [0.5, 0.6) is 0 Å². The highest BCUT2D eigenvalue weighted by Crippen LogP contribution is 2.30. The first-order chi connectivity index (χ1) is 11.1. The molecule has 0 unspecified atom stereocenters. The molecule has 2 aromatic rings. The highest BCUT2D eigenvalue weighted by atomic mass is 35.5. The third kappa shape index (κ3) is 5.06. The molecular weight excluding hydrogens is 339 g/mol. The van der Waals surface area contributed by atoms with Crippen LogP contribution < -0.4 is 10.6 Å². The van der Waals surface area contributed by atoms with Crippen LogP contribution in [0.2, 0.25) is 10.0 Å². The van der Waals surface area contributed by atoms with Crippen molar-refractivity contribution in [2.75, 3.05) is 25.6 Å². The number of carbonyl (C=O) groups is 1. The average molecular weight is 355 g/mol. The Morgan fingerprint density at radius 2 is 2.00 bits per heavy atom. The van der Waals surface area contributed by atoms with Crippen LogP contribution >= 0.6 is 23.2 Å². The van der Waals surface area contributed by atoms with E-state index < -0.39 is 0 Å². The number of hydrogen-bond acceptors (Lipinski definition) is 5.